The molecule has 0 fully saturated rings. The Morgan fingerprint density at radius 1 is 1.00 bits per heavy atom. The standard InChI is InChI=1S/C22H22N4OS/c1-14-7-4-5-10-18(14)23-20(27)11-12-28-22-25-24-19-13-16(3)17-9-6-8-15(2)21(17)26(19)22/h4-10,13H,11-12H2,1-3H3,(H,23,27). The molecule has 0 spiro atoms. The van der Waals surface area contributed by atoms with E-state index in [0.717, 1.165) is 27.6 Å². The lowest BCUT2D eigenvalue weighted by Crippen LogP contribution is -2.13. The highest BCUT2D eigenvalue weighted by atomic mass is 32.2. The third kappa shape index (κ3) is 3.47. The van der Waals surface area contributed by atoms with Gasteiger partial charge in [-0.15, -0.1) is 10.2 Å². The summed E-state index contributed by atoms with van der Waals surface area (Å²) in [5.74, 6) is 0.646. The average molecular weight is 391 g/mol. The Balaban J connectivity index is 1.53. The topological polar surface area (TPSA) is 59.3 Å². The first-order valence-corrected chi connectivity index (χ1v) is 10.3. The first-order chi connectivity index (χ1) is 13.5. The van der Waals surface area contributed by atoms with Crippen LogP contribution < -0.4 is 5.32 Å². The van der Waals surface area contributed by atoms with Crippen LogP contribution in [0.5, 0.6) is 0 Å². The van der Waals surface area contributed by atoms with Crippen LogP contribution in [0.2, 0.25) is 0 Å². The lowest BCUT2D eigenvalue weighted by molar-refractivity contribution is -0.115. The van der Waals surface area contributed by atoms with Crippen molar-refractivity contribution in [1.29, 1.82) is 0 Å². The fourth-order valence-electron chi connectivity index (χ4n) is 3.38. The second kappa shape index (κ2) is 7.64. The maximum absolute atomic E-state index is 12.3. The minimum absolute atomic E-state index is 0.00695. The van der Waals surface area contributed by atoms with Crippen LogP contribution in [0.3, 0.4) is 0 Å². The minimum atomic E-state index is 0.00695. The predicted octanol–water partition coefficient (Wildman–Crippen LogP) is 4.93. The van der Waals surface area contributed by atoms with Crippen molar-refractivity contribution >= 4 is 39.9 Å². The van der Waals surface area contributed by atoms with E-state index >= 15 is 0 Å². The lowest BCUT2D eigenvalue weighted by Gasteiger charge is -2.10. The van der Waals surface area contributed by atoms with Gasteiger partial charge in [0.05, 0.1) is 5.52 Å². The van der Waals surface area contributed by atoms with Gasteiger partial charge < -0.3 is 5.32 Å². The van der Waals surface area contributed by atoms with Crippen LogP contribution in [-0.4, -0.2) is 26.3 Å². The number of anilines is 1. The van der Waals surface area contributed by atoms with Gasteiger partial charge in [-0.1, -0.05) is 48.2 Å². The predicted molar refractivity (Wildman–Crippen MR) is 115 cm³/mol. The van der Waals surface area contributed by atoms with E-state index in [1.165, 1.54) is 16.5 Å². The summed E-state index contributed by atoms with van der Waals surface area (Å²) in [5.41, 5.74) is 6.27. The molecule has 0 bridgehead atoms. The molecule has 0 aliphatic heterocycles. The van der Waals surface area contributed by atoms with E-state index < -0.39 is 0 Å². The van der Waals surface area contributed by atoms with Gasteiger partial charge in [-0.25, -0.2) is 0 Å². The molecule has 0 saturated carbocycles. The van der Waals surface area contributed by atoms with E-state index in [2.05, 4.69) is 58.0 Å². The first-order valence-electron chi connectivity index (χ1n) is 9.27. The van der Waals surface area contributed by atoms with Gasteiger partial charge in [0, 0.05) is 23.2 Å². The van der Waals surface area contributed by atoms with Crippen LogP contribution >= 0.6 is 11.8 Å². The van der Waals surface area contributed by atoms with Crippen LogP contribution in [0.25, 0.3) is 16.6 Å². The molecule has 0 saturated heterocycles. The van der Waals surface area contributed by atoms with Crippen molar-refractivity contribution in [1.82, 2.24) is 14.6 Å². The number of amides is 1. The third-order valence-electron chi connectivity index (χ3n) is 4.87. The summed E-state index contributed by atoms with van der Waals surface area (Å²) in [7, 11) is 0. The number of carbonyl (C=O) groups is 1. The number of pyridine rings is 1. The molecular formula is C22H22N4OS. The smallest absolute Gasteiger partial charge is 0.225 e. The van der Waals surface area contributed by atoms with Crippen LogP contribution in [0.15, 0.2) is 53.7 Å². The maximum atomic E-state index is 12.3. The van der Waals surface area contributed by atoms with E-state index in [-0.39, 0.29) is 5.91 Å². The van der Waals surface area contributed by atoms with Crippen molar-refractivity contribution in [2.45, 2.75) is 32.3 Å². The monoisotopic (exact) mass is 390 g/mol. The summed E-state index contributed by atoms with van der Waals surface area (Å²) >= 11 is 1.56. The van der Waals surface area contributed by atoms with Crippen molar-refractivity contribution in [2.75, 3.05) is 11.1 Å². The Morgan fingerprint density at radius 3 is 2.61 bits per heavy atom. The average Bonchev–Trinajstić information content (AvgIpc) is 3.06. The summed E-state index contributed by atoms with van der Waals surface area (Å²) < 4.78 is 2.10. The molecule has 2 aromatic heterocycles. The fraction of sp³-hybridized carbons (Fsp3) is 0.227. The largest absolute Gasteiger partial charge is 0.326 e. The zero-order valence-electron chi connectivity index (χ0n) is 16.2. The van der Waals surface area contributed by atoms with E-state index in [0.29, 0.717) is 12.2 Å². The van der Waals surface area contributed by atoms with Crippen molar-refractivity contribution in [3.05, 3.63) is 65.2 Å². The molecule has 1 amide bonds. The summed E-state index contributed by atoms with van der Waals surface area (Å²) in [4.78, 5) is 12.3. The van der Waals surface area contributed by atoms with Crippen LogP contribution in [-0.2, 0) is 4.79 Å². The molecule has 2 aromatic carbocycles. The molecule has 0 atom stereocenters. The van der Waals surface area contributed by atoms with Crippen LogP contribution in [0, 0.1) is 20.8 Å². The third-order valence-corrected chi connectivity index (χ3v) is 5.80. The fourth-order valence-corrected chi connectivity index (χ4v) is 4.27. The molecule has 1 N–H and O–H groups in total. The molecule has 4 aromatic rings. The number of carbonyl (C=O) groups excluding carboxylic acids is 1. The van der Waals surface area contributed by atoms with Gasteiger partial charge in [0.15, 0.2) is 10.8 Å². The number of nitrogens with one attached hydrogen (secondary N) is 1. The van der Waals surface area contributed by atoms with Gasteiger partial charge in [0.1, 0.15) is 0 Å². The van der Waals surface area contributed by atoms with E-state index in [4.69, 9.17) is 0 Å². The Kier molecular flexibility index (Phi) is 5.05. The molecule has 0 unspecified atom stereocenters. The number of hydrogen-bond acceptors (Lipinski definition) is 4. The zero-order chi connectivity index (χ0) is 19.7. The quantitative estimate of drug-likeness (QED) is 0.491. The number of fused-ring (bicyclic) bond motifs is 3. The summed E-state index contributed by atoms with van der Waals surface area (Å²) in [5, 5.41) is 13.7. The summed E-state index contributed by atoms with van der Waals surface area (Å²) in [6.07, 6.45) is 0.413. The Morgan fingerprint density at radius 2 is 1.79 bits per heavy atom. The molecule has 0 radical (unpaired) electrons. The Hall–Kier alpha value is -2.86. The highest BCUT2D eigenvalue weighted by molar-refractivity contribution is 7.99. The van der Waals surface area contributed by atoms with Gasteiger partial charge in [0.2, 0.25) is 5.91 Å². The molecule has 5 nitrogen and oxygen atoms in total. The van der Waals surface area contributed by atoms with Crippen LogP contribution in [0.1, 0.15) is 23.1 Å². The normalized spacial score (nSPS) is 11.2. The number of para-hydroxylation sites is 2. The minimum Gasteiger partial charge on any atom is -0.326 e. The van der Waals surface area contributed by atoms with Gasteiger partial charge in [-0.2, -0.15) is 0 Å². The lowest BCUT2D eigenvalue weighted by atomic mass is 10.1. The molecule has 6 heteroatoms. The zero-order valence-corrected chi connectivity index (χ0v) is 17.0. The SMILES string of the molecule is Cc1ccccc1NC(=O)CCSc1nnc2cc(C)c3cccc(C)c3n12. The van der Waals surface area contributed by atoms with Gasteiger partial charge in [0.25, 0.3) is 0 Å². The first kappa shape index (κ1) is 18.5. The van der Waals surface area contributed by atoms with Gasteiger partial charge in [-0.05, 0) is 49.6 Å². The van der Waals surface area contributed by atoms with Gasteiger partial charge in [-0.3, -0.25) is 9.20 Å². The molecule has 0 aliphatic carbocycles. The Bertz CT molecular complexity index is 1180. The number of aromatic nitrogens is 3. The highest BCUT2D eigenvalue weighted by Crippen LogP contribution is 2.28. The highest BCUT2D eigenvalue weighted by Gasteiger charge is 2.14. The van der Waals surface area contributed by atoms with Crippen LogP contribution in [0.4, 0.5) is 5.69 Å². The second-order valence-corrected chi connectivity index (χ2v) is 8.00. The summed E-state index contributed by atoms with van der Waals surface area (Å²) in [6.45, 7) is 6.19. The number of nitrogens with zero attached hydrogens (tertiary/aromatic N) is 3. The molecular weight excluding hydrogens is 368 g/mol. The Labute approximate surface area is 168 Å². The van der Waals surface area contributed by atoms with Crippen molar-refractivity contribution in [3.63, 3.8) is 0 Å². The molecule has 4 rings (SSSR count). The second-order valence-electron chi connectivity index (χ2n) is 6.94. The van der Waals surface area contributed by atoms with Crippen molar-refractivity contribution in [3.8, 4) is 0 Å². The van der Waals surface area contributed by atoms with E-state index in [1.807, 2.05) is 31.2 Å². The molecule has 28 heavy (non-hydrogen) atoms. The number of hydrogen-bond donors (Lipinski definition) is 1. The number of aryl methyl sites for hydroxylation is 3. The van der Waals surface area contributed by atoms with Gasteiger partial charge >= 0.3 is 0 Å². The maximum Gasteiger partial charge on any atom is 0.225 e. The molecule has 142 valence electrons. The summed E-state index contributed by atoms with van der Waals surface area (Å²) in [6, 6.07) is 16.2. The van der Waals surface area contributed by atoms with Crippen molar-refractivity contribution in [2.24, 2.45) is 0 Å². The van der Waals surface area contributed by atoms with Crippen molar-refractivity contribution < 1.29 is 4.79 Å². The number of rotatable bonds is 5. The molecule has 2 heterocycles. The van der Waals surface area contributed by atoms with E-state index in [9.17, 15) is 4.79 Å². The van der Waals surface area contributed by atoms with E-state index in [1.54, 1.807) is 11.8 Å². The number of thioether (sulfide) groups is 1. The number of benzene rings is 2. The molecule has 0 aliphatic rings.